The fourth-order valence-electron chi connectivity index (χ4n) is 4.64. The van der Waals surface area contributed by atoms with E-state index < -0.39 is 0 Å². The second-order valence-corrected chi connectivity index (χ2v) is 9.02. The van der Waals surface area contributed by atoms with Crippen LogP contribution in [0, 0.1) is 13.8 Å². The van der Waals surface area contributed by atoms with Gasteiger partial charge in [-0.1, -0.05) is 66.1 Å². The summed E-state index contributed by atoms with van der Waals surface area (Å²) in [6, 6.07) is 16.1. The van der Waals surface area contributed by atoms with Gasteiger partial charge in [-0.15, -0.1) is 0 Å². The minimum Gasteiger partial charge on any atom is -0.465 e. The van der Waals surface area contributed by atoms with Crippen molar-refractivity contribution in [2.24, 2.45) is 5.10 Å². The van der Waals surface area contributed by atoms with Crippen molar-refractivity contribution in [3.63, 3.8) is 0 Å². The van der Waals surface area contributed by atoms with Gasteiger partial charge in [-0.3, -0.25) is 14.5 Å². The van der Waals surface area contributed by atoms with E-state index in [0.717, 1.165) is 36.1 Å². The minimum absolute atomic E-state index is 0.0844. The van der Waals surface area contributed by atoms with Gasteiger partial charge < -0.3 is 4.74 Å². The topological polar surface area (TPSA) is 62.2 Å². The van der Waals surface area contributed by atoms with Gasteiger partial charge in [-0.25, -0.2) is 5.01 Å². The smallest absolute Gasteiger partial charge is 0.323 e. The zero-order valence-electron chi connectivity index (χ0n) is 19.8. The van der Waals surface area contributed by atoms with Gasteiger partial charge in [0.2, 0.25) is 0 Å². The number of carbonyl (C=O) groups excluding carboxylic acids is 2. The molecule has 0 N–H and O–H groups in total. The molecule has 6 heteroatoms. The lowest BCUT2D eigenvalue weighted by Gasteiger charge is -2.34. The number of esters is 1. The molecule has 0 bridgehead atoms. The van der Waals surface area contributed by atoms with Crippen LogP contribution in [0.25, 0.3) is 0 Å². The van der Waals surface area contributed by atoms with E-state index in [4.69, 9.17) is 9.84 Å². The average molecular weight is 448 g/mol. The molecule has 6 nitrogen and oxygen atoms in total. The lowest BCUT2D eigenvalue weighted by molar-refractivity contribution is -0.152. The van der Waals surface area contributed by atoms with E-state index >= 15 is 0 Å². The van der Waals surface area contributed by atoms with Crippen LogP contribution in [0.4, 0.5) is 0 Å². The molecule has 2 atom stereocenters. The Kier molecular flexibility index (Phi) is 7.23. The van der Waals surface area contributed by atoms with Crippen molar-refractivity contribution in [3.05, 3.63) is 70.8 Å². The Hall–Kier alpha value is -2.99. The molecule has 0 spiro atoms. The summed E-state index contributed by atoms with van der Waals surface area (Å²) in [6.07, 6.45) is 3.34. The van der Waals surface area contributed by atoms with Crippen LogP contribution in [0.5, 0.6) is 0 Å². The van der Waals surface area contributed by atoms with Crippen LogP contribution in [0.2, 0.25) is 0 Å². The van der Waals surface area contributed by atoms with Gasteiger partial charge in [0.25, 0.3) is 5.91 Å². The third-order valence-corrected chi connectivity index (χ3v) is 6.52. The average Bonchev–Trinajstić information content (AvgIpc) is 3.26. The summed E-state index contributed by atoms with van der Waals surface area (Å²) in [5, 5.41) is 6.43. The largest absolute Gasteiger partial charge is 0.465 e. The van der Waals surface area contributed by atoms with Crippen molar-refractivity contribution < 1.29 is 14.3 Å². The first-order chi connectivity index (χ1) is 16.0. The van der Waals surface area contributed by atoms with Crippen LogP contribution < -0.4 is 0 Å². The Labute approximate surface area is 196 Å². The number of piperidine rings is 1. The number of benzene rings is 2. The Morgan fingerprint density at radius 3 is 2.33 bits per heavy atom. The maximum Gasteiger partial charge on any atom is 0.323 e. The third kappa shape index (κ3) is 5.33. The summed E-state index contributed by atoms with van der Waals surface area (Å²) in [7, 11) is 0. The number of likely N-dealkylation sites (tertiary alicyclic amines) is 1. The lowest BCUT2D eigenvalue weighted by Crippen LogP contribution is -2.49. The monoisotopic (exact) mass is 447 g/mol. The van der Waals surface area contributed by atoms with Gasteiger partial charge in [-0.05, 0) is 51.3 Å². The maximum absolute atomic E-state index is 13.5. The zero-order chi connectivity index (χ0) is 23.4. The Balaban J connectivity index is 1.59. The van der Waals surface area contributed by atoms with Crippen molar-refractivity contribution in [1.82, 2.24) is 9.91 Å². The van der Waals surface area contributed by atoms with Crippen LogP contribution in [0.1, 0.15) is 60.9 Å². The Morgan fingerprint density at radius 2 is 1.67 bits per heavy atom. The molecule has 0 unspecified atom stereocenters. The lowest BCUT2D eigenvalue weighted by atomic mass is 9.97. The summed E-state index contributed by atoms with van der Waals surface area (Å²) in [5.74, 6) is -0.316. The predicted octanol–water partition coefficient (Wildman–Crippen LogP) is 4.40. The molecule has 1 saturated heterocycles. The molecule has 2 aromatic carbocycles. The van der Waals surface area contributed by atoms with E-state index in [1.807, 2.05) is 11.8 Å². The summed E-state index contributed by atoms with van der Waals surface area (Å²) in [4.78, 5) is 28.0. The molecule has 33 heavy (non-hydrogen) atoms. The van der Waals surface area contributed by atoms with Gasteiger partial charge in [0.15, 0.2) is 0 Å². The number of hydrogen-bond acceptors (Lipinski definition) is 5. The number of rotatable bonds is 6. The molecular weight excluding hydrogens is 414 g/mol. The molecule has 1 fully saturated rings. The predicted molar refractivity (Wildman–Crippen MR) is 129 cm³/mol. The number of ether oxygens (including phenoxy) is 1. The van der Waals surface area contributed by atoms with Gasteiger partial charge in [0.1, 0.15) is 6.04 Å². The third-order valence-electron chi connectivity index (χ3n) is 6.52. The summed E-state index contributed by atoms with van der Waals surface area (Å²) >= 11 is 0. The summed E-state index contributed by atoms with van der Waals surface area (Å²) in [6.45, 7) is 7.16. The standard InChI is InChI=1S/C27H33N3O3/c1-4-33-27(32)24-7-5-6-16-29(24)18-26(31)30-25(22-14-10-20(3)11-15-22)17-23(28-30)21-12-8-19(2)9-13-21/h8-15,24-25H,4-7,16-18H2,1-3H3/t24-,25+/m0/s1. The molecule has 2 aromatic rings. The second kappa shape index (κ2) is 10.3. The fraction of sp³-hybridized carbons (Fsp3) is 0.444. The van der Waals surface area contributed by atoms with E-state index in [-0.39, 0.29) is 30.5 Å². The zero-order valence-corrected chi connectivity index (χ0v) is 19.8. The van der Waals surface area contributed by atoms with Gasteiger partial charge in [0.05, 0.1) is 24.9 Å². The quantitative estimate of drug-likeness (QED) is 0.616. The molecule has 0 radical (unpaired) electrons. The Bertz CT molecular complexity index is 1010. The SMILES string of the molecule is CCOC(=O)[C@@H]1CCCCN1CC(=O)N1N=C(c2ccc(C)cc2)C[C@@H]1c1ccc(C)cc1. The Morgan fingerprint density at radius 1 is 1.00 bits per heavy atom. The molecule has 4 rings (SSSR count). The number of nitrogens with zero attached hydrogens (tertiary/aromatic N) is 3. The first kappa shape index (κ1) is 23.2. The number of aryl methyl sites for hydroxylation is 2. The molecule has 2 aliphatic rings. The van der Waals surface area contributed by atoms with E-state index in [0.29, 0.717) is 19.6 Å². The normalized spacial score (nSPS) is 21.1. The van der Waals surface area contributed by atoms with Crippen LogP contribution in [-0.2, 0) is 14.3 Å². The number of amides is 1. The molecule has 2 aliphatic heterocycles. The van der Waals surface area contributed by atoms with Crippen LogP contribution in [0.15, 0.2) is 53.6 Å². The molecular formula is C27H33N3O3. The van der Waals surface area contributed by atoms with E-state index in [2.05, 4.69) is 62.4 Å². The molecule has 1 amide bonds. The number of hydrogen-bond donors (Lipinski definition) is 0. The van der Waals surface area contributed by atoms with Gasteiger partial charge in [0, 0.05) is 6.42 Å². The minimum atomic E-state index is -0.358. The van der Waals surface area contributed by atoms with Crippen LogP contribution in [-0.4, -0.2) is 53.2 Å². The van der Waals surface area contributed by atoms with E-state index in [9.17, 15) is 9.59 Å². The highest BCUT2D eigenvalue weighted by molar-refractivity contribution is 6.03. The number of carbonyl (C=O) groups is 2. The maximum atomic E-state index is 13.5. The van der Waals surface area contributed by atoms with Crippen molar-refractivity contribution in [2.75, 3.05) is 19.7 Å². The molecule has 0 aliphatic carbocycles. The van der Waals surface area contributed by atoms with Crippen LogP contribution >= 0.6 is 0 Å². The first-order valence-electron chi connectivity index (χ1n) is 11.9. The molecule has 174 valence electrons. The highest BCUT2D eigenvalue weighted by Gasteiger charge is 2.37. The highest BCUT2D eigenvalue weighted by atomic mass is 16.5. The van der Waals surface area contributed by atoms with Crippen LogP contribution in [0.3, 0.4) is 0 Å². The van der Waals surface area contributed by atoms with Crippen molar-refractivity contribution in [1.29, 1.82) is 0 Å². The second-order valence-electron chi connectivity index (χ2n) is 9.02. The van der Waals surface area contributed by atoms with Crippen molar-refractivity contribution >= 4 is 17.6 Å². The number of hydrazone groups is 1. The first-order valence-corrected chi connectivity index (χ1v) is 11.9. The van der Waals surface area contributed by atoms with Gasteiger partial charge in [-0.2, -0.15) is 5.10 Å². The van der Waals surface area contributed by atoms with Crippen molar-refractivity contribution in [3.8, 4) is 0 Å². The van der Waals surface area contributed by atoms with E-state index in [1.54, 1.807) is 5.01 Å². The van der Waals surface area contributed by atoms with E-state index in [1.165, 1.54) is 11.1 Å². The summed E-state index contributed by atoms with van der Waals surface area (Å²) < 4.78 is 5.27. The molecule has 2 heterocycles. The molecule has 0 aromatic heterocycles. The van der Waals surface area contributed by atoms with Crippen molar-refractivity contribution in [2.45, 2.75) is 58.5 Å². The summed E-state index contributed by atoms with van der Waals surface area (Å²) in [5.41, 5.74) is 5.39. The van der Waals surface area contributed by atoms with Gasteiger partial charge >= 0.3 is 5.97 Å². The fourth-order valence-corrected chi connectivity index (χ4v) is 4.64. The molecule has 0 saturated carbocycles. The highest BCUT2D eigenvalue weighted by Crippen LogP contribution is 2.33.